The number of hydrogen-bond acceptors (Lipinski definition) is 2. The molecule has 0 aromatic heterocycles. The van der Waals surface area contributed by atoms with E-state index in [-0.39, 0.29) is 22.6 Å². The standard InChI is InChI=1S/C15H7F9INO2/c1-12(17,14(20,21)22)8(16)9(25)13(18,19)15(23,24)26-10(27)6-4-2-3-5-7(6)11(26)28/h2-5H,1H3/b9-8+. The first-order chi connectivity index (χ1) is 12.5. The van der Waals surface area contributed by atoms with Crippen LogP contribution in [0.25, 0.3) is 0 Å². The van der Waals surface area contributed by atoms with Crippen LogP contribution in [0.15, 0.2) is 33.7 Å². The van der Waals surface area contributed by atoms with Crippen LogP contribution in [-0.4, -0.2) is 40.5 Å². The highest BCUT2D eigenvalue weighted by atomic mass is 127. The second-order valence-corrected chi connectivity index (χ2v) is 6.81. The monoisotopic (exact) mass is 531 g/mol. The van der Waals surface area contributed by atoms with Gasteiger partial charge in [0.25, 0.3) is 17.5 Å². The van der Waals surface area contributed by atoms with Crippen LogP contribution in [-0.2, 0) is 0 Å². The second kappa shape index (κ2) is 6.62. The van der Waals surface area contributed by atoms with Crippen LogP contribution >= 0.6 is 22.6 Å². The van der Waals surface area contributed by atoms with Gasteiger partial charge in [0, 0.05) is 0 Å². The van der Waals surface area contributed by atoms with E-state index in [2.05, 4.69) is 0 Å². The number of carbonyl (C=O) groups is 2. The van der Waals surface area contributed by atoms with Gasteiger partial charge in [-0.25, -0.2) is 13.7 Å². The lowest BCUT2D eigenvalue weighted by molar-refractivity contribution is -0.239. The number of benzene rings is 1. The Morgan fingerprint density at radius 3 is 1.64 bits per heavy atom. The molecule has 0 fully saturated rings. The molecule has 0 N–H and O–H groups in total. The summed E-state index contributed by atoms with van der Waals surface area (Å²) in [6, 6.07) is -1.74. The van der Waals surface area contributed by atoms with Gasteiger partial charge in [-0.05, 0) is 41.6 Å². The van der Waals surface area contributed by atoms with E-state index in [0.717, 1.165) is 24.3 Å². The molecule has 1 aromatic rings. The Bertz CT molecular complexity index is 842. The van der Waals surface area contributed by atoms with Crippen molar-refractivity contribution in [3.05, 3.63) is 44.8 Å². The van der Waals surface area contributed by atoms with Crippen LogP contribution in [0.5, 0.6) is 0 Å². The summed E-state index contributed by atoms with van der Waals surface area (Å²) >= 11 is 0.0866. The van der Waals surface area contributed by atoms with Crippen LogP contribution in [0.4, 0.5) is 39.5 Å². The Kier molecular flexibility index (Phi) is 5.32. The zero-order chi connectivity index (χ0) is 21.9. The highest BCUT2D eigenvalue weighted by molar-refractivity contribution is 14.1. The maximum absolute atomic E-state index is 14.4. The number of amides is 2. The fraction of sp³-hybridized carbons (Fsp3) is 0.333. The molecule has 1 unspecified atom stereocenters. The van der Waals surface area contributed by atoms with Crippen molar-refractivity contribution >= 4 is 34.4 Å². The number of halogens is 10. The molecule has 0 aliphatic carbocycles. The zero-order valence-electron chi connectivity index (χ0n) is 13.4. The first-order valence-electron chi connectivity index (χ1n) is 7.05. The first kappa shape index (κ1) is 22.5. The van der Waals surface area contributed by atoms with Crippen molar-refractivity contribution in [1.29, 1.82) is 0 Å². The van der Waals surface area contributed by atoms with Crippen molar-refractivity contribution in [1.82, 2.24) is 4.90 Å². The quantitative estimate of drug-likeness (QED) is 0.226. The fourth-order valence-electron chi connectivity index (χ4n) is 2.19. The molecule has 1 heterocycles. The largest absolute Gasteiger partial charge is 0.428 e. The fourth-order valence-corrected chi connectivity index (χ4v) is 3.02. The van der Waals surface area contributed by atoms with Crippen molar-refractivity contribution in [2.75, 3.05) is 0 Å². The molecule has 13 heteroatoms. The van der Waals surface area contributed by atoms with Gasteiger partial charge in [-0.2, -0.15) is 30.7 Å². The van der Waals surface area contributed by atoms with Gasteiger partial charge in [-0.15, -0.1) is 0 Å². The Labute approximate surface area is 164 Å². The molecule has 0 radical (unpaired) electrons. The molecule has 1 aliphatic heterocycles. The topological polar surface area (TPSA) is 37.4 Å². The molecule has 28 heavy (non-hydrogen) atoms. The zero-order valence-corrected chi connectivity index (χ0v) is 15.5. The molecule has 0 saturated carbocycles. The minimum Gasteiger partial charge on any atom is -0.268 e. The van der Waals surface area contributed by atoms with Crippen LogP contribution in [0, 0.1) is 0 Å². The lowest BCUT2D eigenvalue weighted by Crippen LogP contribution is -2.57. The minimum absolute atomic E-state index is 0.0866. The summed E-state index contributed by atoms with van der Waals surface area (Å²) in [5.41, 5.74) is -6.33. The van der Waals surface area contributed by atoms with Gasteiger partial charge in [0.05, 0.1) is 11.1 Å². The highest BCUT2D eigenvalue weighted by Crippen LogP contribution is 2.52. The lowest BCUT2D eigenvalue weighted by atomic mass is 10.0. The summed E-state index contributed by atoms with van der Waals surface area (Å²) < 4.78 is 120. The second-order valence-electron chi connectivity index (χ2n) is 5.74. The molecule has 0 spiro atoms. The molecule has 154 valence electrons. The van der Waals surface area contributed by atoms with Gasteiger partial charge < -0.3 is 0 Å². The Hall–Kier alpha value is -1.80. The van der Waals surface area contributed by atoms with E-state index in [9.17, 15) is 49.1 Å². The predicted octanol–water partition coefficient (Wildman–Crippen LogP) is 5.42. The number of carbonyl (C=O) groups excluding carboxylic acids is 2. The van der Waals surface area contributed by atoms with Crippen LogP contribution in [0.2, 0.25) is 0 Å². The summed E-state index contributed by atoms with van der Waals surface area (Å²) in [5.74, 6) is -12.8. The van der Waals surface area contributed by atoms with Gasteiger partial charge in [0.1, 0.15) is 3.58 Å². The van der Waals surface area contributed by atoms with Gasteiger partial charge >= 0.3 is 18.1 Å². The molecular weight excluding hydrogens is 524 g/mol. The van der Waals surface area contributed by atoms with E-state index in [4.69, 9.17) is 0 Å². The maximum atomic E-state index is 14.4. The van der Waals surface area contributed by atoms with Crippen LogP contribution < -0.4 is 0 Å². The number of fused-ring (bicyclic) bond motifs is 1. The first-order valence-corrected chi connectivity index (χ1v) is 8.12. The Morgan fingerprint density at radius 1 is 0.893 bits per heavy atom. The van der Waals surface area contributed by atoms with E-state index in [1.165, 1.54) is 0 Å². The third-order valence-corrected chi connectivity index (χ3v) is 5.02. The average molecular weight is 531 g/mol. The third-order valence-electron chi connectivity index (χ3n) is 3.87. The lowest BCUT2D eigenvalue weighted by Gasteiger charge is -2.33. The predicted molar refractivity (Wildman–Crippen MR) is 84.6 cm³/mol. The van der Waals surface area contributed by atoms with E-state index in [1.807, 2.05) is 0 Å². The summed E-state index contributed by atoms with van der Waals surface area (Å²) in [4.78, 5) is 22.8. The minimum atomic E-state index is -6.03. The van der Waals surface area contributed by atoms with Gasteiger partial charge in [0.15, 0.2) is 5.83 Å². The molecule has 0 saturated heterocycles. The average Bonchev–Trinajstić information content (AvgIpc) is 2.84. The Morgan fingerprint density at radius 2 is 1.29 bits per heavy atom. The summed E-state index contributed by atoms with van der Waals surface area (Å²) in [6.07, 6.45) is -6.03. The molecule has 1 aliphatic rings. The van der Waals surface area contributed by atoms with Crippen molar-refractivity contribution in [3.8, 4) is 0 Å². The van der Waals surface area contributed by atoms with Crippen LogP contribution in [0.3, 0.4) is 0 Å². The molecule has 1 aromatic carbocycles. The molecule has 3 nitrogen and oxygen atoms in total. The van der Waals surface area contributed by atoms with Crippen molar-refractivity contribution in [2.24, 2.45) is 0 Å². The SMILES string of the molecule is CC(F)(/C(F)=C(\I)C(F)(F)C(F)(F)N1C(=O)c2ccccc2C1=O)C(F)(F)F. The molecule has 2 amide bonds. The van der Waals surface area contributed by atoms with Crippen molar-refractivity contribution in [2.45, 2.75) is 30.7 Å². The van der Waals surface area contributed by atoms with E-state index in [1.54, 1.807) is 0 Å². The van der Waals surface area contributed by atoms with E-state index >= 15 is 0 Å². The number of alkyl halides is 8. The van der Waals surface area contributed by atoms with Gasteiger partial charge in [-0.3, -0.25) is 9.59 Å². The van der Waals surface area contributed by atoms with E-state index < -0.39 is 68.0 Å². The number of rotatable bonds is 4. The molecule has 2 rings (SSSR count). The number of nitrogens with zero attached hydrogens (tertiary/aromatic N) is 1. The Balaban J connectivity index is 2.57. The molecule has 1 atom stereocenters. The molecular formula is C15H7F9INO2. The highest BCUT2D eigenvalue weighted by Gasteiger charge is 2.69. The number of hydrogen-bond donors (Lipinski definition) is 0. The maximum Gasteiger partial charge on any atom is 0.428 e. The van der Waals surface area contributed by atoms with Crippen LogP contribution in [0.1, 0.15) is 27.6 Å². The number of allylic oxidation sites excluding steroid dienone is 1. The summed E-state index contributed by atoms with van der Waals surface area (Å²) in [7, 11) is 0. The molecule has 0 bridgehead atoms. The normalized spacial score (nSPS) is 18.8. The number of imide groups is 1. The third kappa shape index (κ3) is 3.06. The van der Waals surface area contributed by atoms with Crippen molar-refractivity contribution < 1.29 is 49.1 Å². The van der Waals surface area contributed by atoms with Crippen molar-refractivity contribution in [3.63, 3.8) is 0 Å². The summed E-state index contributed by atoms with van der Waals surface area (Å²) in [5, 5.41) is 0. The van der Waals surface area contributed by atoms with Gasteiger partial charge in [-0.1, -0.05) is 12.1 Å². The smallest absolute Gasteiger partial charge is 0.268 e. The van der Waals surface area contributed by atoms with E-state index in [0.29, 0.717) is 0 Å². The summed E-state index contributed by atoms with van der Waals surface area (Å²) in [6.45, 7) is -0.475. The van der Waals surface area contributed by atoms with Gasteiger partial charge in [0.2, 0.25) is 0 Å².